The van der Waals surface area contributed by atoms with Crippen LogP contribution in [0, 0.1) is 12.8 Å². The molecule has 0 unspecified atom stereocenters. The van der Waals surface area contributed by atoms with Crippen molar-refractivity contribution in [2.75, 3.05) is 46.5 Å². The Labute approximate surface area is 314 Å². The Morgan fingerprint density at radius 3 is 2.45 bits per heavy atom. The first kappa shape index (κ1) is 39.4. The van der Waals surface area contributed by atoms with Crippen molar-refractivity contribution >= 4 is 40.9 Å². The van der Waals surface area contributed by atoms with Crippen LogP contribution in [-0.4, -0.2) is 109 Å². The highest BCUT2D eigenvalue weighted by Gasteiger charge is 2.40. The second-order valence-electron chi connectivity index (χ2n) is 14.0. The Kier molecular flexibility index (Phi) is 13.6. The molecule has 4 atom stereocenters. The molecule has 3 N–H and O–H groups in total. The van der Waals surface area contributed by atoms with Crippen molar-refractivity contribution < 1.29 is 33.4 Å². The maximum absolute atomic E-state index is 14.3. The summed E-state index contributed by atoms with van der Waals surface area (Å²) in [5.41, 5.74) is 2.32. The highest BCUT2D eigenvalue weighted by atomic mass is 32.1. The maximum Gasteiger partial charge on any atom is 0.265 e. The monoisotopic (exact) mass is 746 g/mol. The van der Waals surface area contributed by atoms with Crippen molar-refractivity contribution in [3.8, 4) is 5.75 Å². The number of amides is 5. The fourth-order valence-corrected chi connectivity index (χ4v) is 7.73. The molecule has 5 rings (SSSR count). The van der Waals surface area contributed by atoms with Crippen LogP contribution >= 0.6 is 11.3 Å². The first-order valence-corrected chi connectivity index (χ1v) is 19.0. The van der Waals surface area contributed by atoms with Crippen LogP contribution in [0.4, 0.5) is 0 Å². The summed E-state index contributed by atoms with van der Waals surface area (Å²) in [6.45, 7) is 7.81. The fraction of sp³-hybridized carbons (Fsp3) is 0.487. The number of nitrogens with one attached hydrogen (secondary N) is 3. The standard InChI is InChI=1S/C39H50N6O7S/c1-6-35-40-25(4)36(53-35)39(50)45-20-29-27-13-10-14-28(19-27)52-23-34(47)42-31(17-24(2)3)38(49)44(15-16-51-5)22-33(46)41-30(37(48)43-32(29)21-45)18-26-11-8-7-9-12-26/h7-14,19,24,29-32H,6,15-18,20-23H2,1-5H3,(H,41,46)(H,42,47)(H,43,48)/t29-,30+,31-,32+/m1/s1. The van der Waals surface area contributed by atoms with Gasteiger partial charge >= 0.3 is 0 Å². The Morgan fingerprint density at radius 1 is 1.00 bits per heavy atom. The molecule has 14 heteroatoms. The van der Waals surface area contributed by atoms with Crippen molar-refractivity contribution in [1.82, 2.24) is 30.7 Å². The Bertz CT molecular complexity index is 1770. The van der Waals surface area contributed by atoms with Crippen molar-refractivity contribution in [3.05, 3.63) is 81.3 Å². The van der Waals surface area contributed by atoms with E-state index in [0.717, 1.165) is 22.6 Å². The average Bonchev–Trinajstić information content (AvgIpc) is 3.74. The lowest BCUT2D eigenvalue weighted by atomic mass is 9.93. The number of nitrogens with zero attached hydrogens (tertiary/aromatic N) is 3. The van der Waals surface area contributed by atoms with E-state index >= 15 is 0 Å². The molecular weight excluding hydrogens is 697 g/mol. The lowest BCUT2D eigenvalue weighted by molar-refractivity contribution is -0.141. The van der Waals surface area contributed by atoms with Gasteiger partial charge in [0.25, 0.3) is 11.8 Å². The Hall–Kier alpha value is -4.82. The lowest BCUT2D eigenvalue weighted by Crippen LogP contribution is -2.56. The first-order chi connectivity index (χ1) is 25.4. The normalized spacial score (nSPS) is 21.6. The van der Waals surface area contributed by atoms with Crippen LogP contribution < -0.4 is 20.7 Å². The molecule has 284 valence electrons. The third-order valence-electron chi connectivity index (χ3n) is 9.41. The number of ether oxygens (including phenoxy) is 2. The number of fused-ring (bicyclic) bond motifs is 4. The molecule has 0 aliphatic carbocycles. The summed E-state index contributed by atoms with van der Waals surface area (Å²) in [7, 11) is 1.50. The van der Waals surface area contributed by atoms with Gasteiger partial charge in [-0.1, -0.05) is 63.2 Å². The number of carbonyl (C=O) groups is 5. The van der Waals surface area contributed by atoms with E-state index in [0.29, 0.717) is 29.3 Å². The van der Waals surface area contributed by atoms with Crippen LogP contribution in [0.3, 0.4) is 0 Å². The summed E-state index contributed by atoms with van der Waals surface area (Å²) in [6.07, 6.45) is 1.25. The van der Waals surface area contributed by atoms with Crippen LogP contribution in [0.2, 0.25) is 0 Å². The van der Waals surface area contributed by atoms with Crippen LogP contribution in [-0.2, 0) is 36.8 Å². The van der Waals surface area contributed by atoms with Gasteiger partial charge in [-0.2, -0.15) is 0 Å². The molecule has 0 saturated carbocycles. The molecule has 13 nitrogen and oxygen atoms in total. The second-order valence-corrected chi connectivity index (χ2v) is 15.1. The summed E-state index contributed by atoms with van der Waals surface area (Å²) in [6, 6.07) is 14.2. The minimum Gasteiger partial charge on any atom is -0.484 e. The fourth-order valence-electron chi connectivity index (χ4n) is 6.76. The number of aromatic nitrogens is 1. The molecule has 2 aromatic carbocycles. The summed E-state index contributed by atoms with van der Waals surface area (Å²) in [5.74, 6) is -1.88. The summed E-state index contributed by atoms with van der Waals surface area (Å²) in [5, 5.41) is 9.77. The number of benzene rings is 2. The number of hydrogen-bond acceptors (Lipinski definition) is 9. The highest BCUT2D eigenvalue weighted by molar-refractivity contribution is 7.13. The van der Waals surface area contributed by atoms with Gasteiger partial charge in [0, 0.05) is 39.1 Å². The van der Waals surface area contributed by atoms with Gasteiger partial charge < -0.3 is 35.2 Å². The number of likely N-dealkylation sites (tertiary alicyclic amines) is 1. The third-order valence-corrected chi connectivity index (χ3v) is 10.7. The molecule has 1 fully saturated rings. The van der Waals surface area contributed by atoms with Crippen LogP contribution in [0.25, 0.3) is 0 Å². The molecular formula is C39H50N6O7S. The number of hydrogen-bond donors (Lipinski definition) is 3. The van der Waals surface area contributed by atoms with Gasteiger partial charge in [0.05, 0.1) is 29.9 Å². The van der Waals surface area contributed by atoms with E-state index in [4.69, 9.17) is 9.47 Å². The number of aryl methyl sites for hydroxylation is 2. The zero-order valence-electron chi connectivity index (χ0n) is 31.1. The van der Waals surface area contributed by atoms with Crippen LogP contribution in [0.5, 0.6) is 5.75 Å². The van der Waals surface area contributed by atoms with Gasteiger partial charge in [-0.15, -0.1) is 11.3 Å². The van der Waals surface area contributed by atoms with E-state index in [2.05, 4.69) is 20.9 Å². The number of methoxy groups -OCH3 is 1. The molecule has 2 bridgehead atoms. The van der Waals surface area contributed by atoms with Gasteiger partial charge in [-0.05, 0) is 48.9 Å². The topological polar surface area (TPSA) is 159 Å². The minimum atomic E-state index is -0.995. The highest BCUT2D eigenvalue weighted by Crippen LogP contribution is 2.32. The Balaban J connectivity index is 1.51. The van der Waals surface area contributed by atoms with E-state index in [1.54, 1.807) is 11.0 Å². The van der Waals surface area contributed by atoms with Gasteiger partial charge in [-0.25, -0.2) is 4.98 Å². The van der Waals surface area contributed by atoms with Crippen LogP contribution in [0.1, 0.15) is 64.6 Å². The zero-order chi connectivity index (χ0) is 38.1. The van der Waals surface area contributed by atoms with E-state index < -0.39 is 41.8 Å². The van der Waals surface area contributed by atoms with Gasteiger partial charge in [0.2, 0.25) is 17.7 Å². The minimum absolute atomic E-state index is 0.0521. The molecule has 3 heterocycles. The molecule has 53 heavy (non-hydrogen) atoms. The number of rotatable bonds is 9. The molecule has 0 spiro atoms. The number of carbonyl (C=O) groups excluding carboxylic acids is 5. The Morgan fingerprint density at radius 2 is 1.75 bits per heavy atom. The van der Waals surface area contributed by atoms with Crippen molar-refractivity contribution in [2.45, 2.75) is 71.0 Å². The SMILES string of the molecule is CCc1nc(C)c(C(=O)N2C[C@@H]3NC(=O)[C@H](Cc4ccccc4)NC(=O)CN(CCOC)C(=O)[C@@H](CC(C)C)NC(=O)COc4cccc(c4)[C@H]3C2)s1. The molecule has 0 radical (unpaired) electrons. The van der Waals surface area contributed by atoms with Gasteiger partial charge in [0.1, 0.15) is 22.7 Å². The zero-order valence-corrected chi connectivity index (χ0v) is 31.9. The quantitative estimate of drug-likeness (QED) is 0.302. The third kappa shape index (κ3) is 10.4. The van der Waals surface area contributed by atoms with Crippen molar-refractivity contribution in [2.24, 2.45) is 5.92 Å². The molecule has 5 amide bonds. The van der Waals surface area contributed by atoms with Crippen LogP contribution in [0.15, 0.2) is 54.6 Å². The first-order valence-electron chi connectivity index (χ1n) is 18.1. The molecule has 2 aliphatic heterocycles. The summed E-state index contributed by atoms with van der Waals surface area (Å²) >= 11 is 1.38. The predicted molar refractivity (Wildman–Crippen MR) is 201 cm³/mol. The molecule has 3 aromatic rings. The number of thiazole rings is 1. The second kappa shape index (κ2) is 18.3. The molecule has 1 aromatic heterocycles. The van der Waals surface area contributed by atoms with Crippen molar-refractivity contribution in [1.29, 1.82) is 0 Å². The van der Waals surface area contributed by atoms with Crippen molar-refractivity contribution in [3.63, 3.8) is 0 Å². The van der Waals surface area contributed by atoms with E-state index in [9.17, 15) is 24.0 Å². The van der Waals surface area contributed by atoms with E-state index in [-0.39, 0.29) is 57.0 Å². The molecule has 2 aliphatic rings. The lowest BCUT2D eigenvalue weighted by Gasteiger charge is -2.29. The van der Waals surface area contributed by atoms with E-state index in [1.165, 1.54) is 23.3 Å². The summed E-state index contributed by atoms with van der Waals surface area (Å²) in [4.78, 5) is 77.3. The predicted octanol–water partition coefficient (Wildman–Crippen LogP) is 2.86. The van der Waals surface area contributed by atoms with Gasteiger partial charge in [-0.3, -0.25) is 24.0 Å². The summed E-state index contributed by atoms with van der Waals surface area (Å²) < 4.78 is 11.2. The maximum atomic E-state index is 14.3. The average molecular weight is 747 g/mol. The smallest absolute Gasteiger partial charge is 0.265 e. The van der Waals surface area contributed by atoms with E-state index in [1.807, 2.05) is 76.2 Å². The molecule has 1 saturated heterocycles. The largest absolute Gasteiger partial charge is 0.484 e. The van der Waals surface area contributed by atoms with Gasteiger partial charge in [0.15, 0.2) is 6.61 Å².